The Morgan fingerprint density at radius 1 is 0.521 bits per heavy atom. The molecular weight excluding hydrogens is 605 g/mol. The minimum atomic E-state index is -0.117. The zero-order valence-corrected chi connectivity index (χ0v) is 26.7. The Morgan fingerprint density at radius 2 is 1.21 bits per heavy atom. The molecule has 48 heavy (non-hydrogen) atoms. The summed E-state index contributed by atoms with van der Waals surface area (Å²) in [6.07, 6.45) is -0.117. The van der Waals surface area contributed by atoms with E-state index in [9.17, 15) is 0 Å². The largest absolute Gasteiger partial charge is 0.469 e. The van der Waals surface area contributed by atoms with Crippen LogP contribution in [0.3, 0.4) is 0 Å². The van der Waals surface area contributed by atoms with E-state index in [2.05, 4.69) is 167 Å². The van der Waals surface area contributed by atoms with Gasteiger partial charge in [-0.3, -0.25) is 0 Å². The van der Waals surface area contributed by atoms with Crippen LogP contribution >= 0.6 is 11.3 Å². The normalized spacial score (nSPS) is 16.5. The van der Waals surface area contributed by atoms with Crippen molar-refractivity contribution in [1.29, 1.82) is 0 Å². The molecule has 0 bridgehead atoms. The van der Waals surface area contributed by atoms with Crippen LogP contribution in [-0.4, -0.2) is 10.8 Å². The molecule has 0 saturated carbocycles. The van der Waals surface area contributed by atoms with Crippen molar-refractivity contribution < 1.29 is 4.74 Å². The molecule has 4 heteroatoms. The molecule has 226 valence electrons. The summed E-state index contributed by atoms with van der Waals surface area (Å²) in [6.45, 7) is 0. The molecule has 0 fully saturated rings. The number of anilines is 2. The Balaban J connectivity index is 1.04. The van der Waals surface area contributed by atoms with Crippen molar-refractivity contribution >= 4 is 64.7 Å². The highest BCUT2D eigenvalue weighted by Crippen LogP contribution is 2.56. The molecule has 2 atom stereocenters. The van der Waals surface area contributed by atoms with Gasteiger partial charge in [-0.15, -0.1) is 11.3 Å². The van der Waals surface area contributed by atoms with E-state index in [-0.39, 0.29) is 12.1 Å². The minimum Gasteiger partial charge on any atom is -0.469 e. The van der Waals surface area contributed by atoms with Gasteiger partial charge in [0, 0.05) is 53.6 Å². The fraction of sp³-hybridized carbons (Fsp3) is 0.0455. The third-order valence-corrected chi connectivity index (χ3v) is 11.5. The quantitative estimate of drug-likeness (QED) is 0.193. The first kappa shape index (κ1) is 26.3. The molecule has 3 nitrogen and oxygen atoms in total. The van der Waals surface area contributed by atoms with Crippen LogP contribution in [-0.2, 0) is 0 Å². The molecule has 2 aliphatic rings. The first-order valence-corrected chi connectivity index (χ1v) is 17.3. The number of nitrogens with zero attached hydrogens (tertiary/aromatic N) is 2. The van der Waals surface area contributed by atoms with E-state index in [0.717, 1.165) is 11.4 Å². The predicted octanol–water partition coefficient (Wildman–Crippen LogP) is 11.8. The number of aromatic nitrogens is 1. The van der Waals surface area contributed by atoms with E-state index < -0.39 is 0 Å². The average Bonchev–Trinajstić information content (AvgIpc) is 3.88. The lowest BCUT2D eigenvalue weighted by Crippen LogP contribution is -2.32. The Labute approximate surface area is 281 Å². The van der Waals surface area contributed by atoms with Crippen molar-refractivity contribution in [1.82, 2.24) is 4.57 Å². The second-order valence-corrected chi connectivity index (χ2v) is 13.9. The highest BCUT2D eigenvalue weighted by atomic mass is 32.1. The number of fused-ring (bicyclic) bond motifs is 11. The van der Waals surface area contributed by atoms with Gasteiger partial charge in [-0.1, -0.05) is 103 Å². The van der Waals surface area contributed by atoms with Crippen LogP contribution in [0.2, 0.25) is 0 Å². The smallest absolute Gasteiger partial charge is 0.187 e. The zero-order valence-electron chi connectivity index (χ0n) is 25.9. The van der Waals surface area contributed by atoms with Crippen molar-refractivity contribution in [2.24, 2.45) is 0 Å². The molecule has 0 saturated heterocycles. The highest BCUT2D eigenvalue weighted by molar-refractivity contribution is 7.25. The molecule has 7 aromatic carbocycles. The Bertz CT molecular complexity index is 2690. The standard InChI is InChI=1S/C44H28N2OS/c1-2-11-28(12-3-1)46-38-19-9-6-15-35(38)43-42-30(16-10-20-39(42)47-44(43)46)27-21-23-33-34-24-22-29(26-41(34)48-40(33)25-27)45-36-17-7-4-13-31(36)32-14-5-8-18-37(32)45/h1-26,43-44H. The lowest BCUT2D eigenvalue weighted by Gasteiger charge is -2.26. The number of para-hydroxylation sites is 4. The van der Waals surface area contributed by atoms with Crippen molar-refractivity contribution in [2.45, 2.75) is 12.1 Å². The summed E-state index contributed by atoms with van der Waals surface area (Å²) in [5.41, 5.74) is 11.1. The monoisotopic (exact) mass is 632 g/mol. The summed E-state index contributed by atoms with van der Waals surface area (Å²) in [7, 11) is 0. The highest BCUT2D eigenvalue weighted by Gasteiger charge is 2.48. The maximum Gasteiger partial charge on any atom is 0.187 e. The molecule has 2 aliphatic heterocycles. The first-order chi connectivity index (χ1) is 23.8. The van der Waals surface area contributed by atoms with Gasteiger partial charge in [-0.25, -0.2) is 0 Å². The molecule has 2 unspecified atom stereocenters. The van der Waals surface area contributed by atoms with Gasteiger partial charge < -0.3 is 14.2 Å². The van der Waals surface area contributed by atoms with Crippen LogP contribution in [0, 0.1) is 0 Å². The van der Waals surface area contributed by atoms with E-state index >= 15 is 0 Å². The first-order valence-electron chi connectivity index (χ1n) is 16.5. The van der Waals surface area contributed by atoms with Gasteiger partial charge in [0.05, 0.1) is 17.0 Å². The lowest BCUT2D eigenvalue weighted by atomic mass is 9.87. The van der Waals surface area contributed by atoms with Gasteiger partial charge in [0.15, 0.2) is 6.23 Å². The summed E-state index contributed by atoms with van der Waals surface area (Å²) in [6, 6.07) is 57.3. The molecule has 0 aliphatic carbocycles. The molecular formula is C44H28N2OS. The maximum atomic E-state index is 6.81. The van der Waals surface area contributed by atoms with Crippen LogP contribution < -0.4 is 9.64 Å². The summed E-state index contributed by atoms with van der Waals surface area (Å²) in [4.78, 5) is 2.37. The fourth-order valence-electron chi connectivity index (χ4n) is 8.33. The van der Waals surface area contributed by atoms with Crippen LogP contribution in [0.25, 0.3) is 58.8 Å². The molecule has 4 heterocycles. The number of hydrogen-bond acceptors (Lipinski definition) is 3. The van der Waals surface area contributed by atoms with Crippen molar-refractivity contribution in [3.8, 4) is 22.6 Å². The van der Waals surface area contributed by atoms with Gasteiger partial charge in [0.1, 0.15) is 5.75 Å². The molecule has 0 N–H and O–H groups in total. The van der Waals surface area contributed by atoms with E-state index in [0.29, 0.717) is 0 Å². The van der Waals surface area contributed by atoms with E-state index in [4.69, 9.17) is 4.74 Å². The average molecular weight is 633 g/mol. The summed E-state index contributed by atoms with van der Waals surface area (Å²) in [5, 5.41) is 5.17. The van der Waals surface area contributed by atoms with E-state index in [1.807, 2.05) is 11.3 Å². The van der Waals surface area contributed by atoms with Crippen molar-refractivity contribution in [3.63, 3.8) is 0 Å². The SMILES string of the molecule is c1ccc(N2c3ccccc3C3c4c(cccc4-c4ccc5c(c4)sc4cc(-n6c7ccccc7c7ccccc76)ccc45)OC32)cc1. The maximum absolute atomic E-state index is 6.81. The number of thiophene rings is 1. The van der Waals surface area contributed by atoms with Gasteiger partial charge in [-0.05, 0) is 71.3 Å². The predicted molar refractivity (Wildman–Crippen MR) is 200 cm³/mol. The van der Waals surface area contributed by atoms with Crippen molar-refractivity contribution in [2.75, 3.05) is 4.90 Å². The zero-order chi connectivity index (χ0) is 31.3. The Kier molecular flexibility index (Phi) is 5.38. The Hall–Kier alpha value is -5.84. The molecule has 0 radical (unpaired) electrons. The molecule has 9 aromatic rings. The minimum absolute atomic E-state index is 0.117. The number of ether oxygens (including phenoxy) is 1. The second kappa shape index (κ2) is 9.83. The number of rotatable bonds is 3. The molecule has 0 amide bonds. The third kappa shape index (κ3) is 3.58. The third-order valence-electron chi connectivity index (χ3n) is 10.3. The lowest BCUT2D eigenvalue weighted by molar-refractivity contribution is 0.234. The molecule has 0 spiro atoms. The number of benzene rings is 7. The number of hydrogen-bond donors (Lipinski definition) is 0. The second-order valence-electron chi connectivity index (χ2n) is 12.8. The Morgan fingerprint density at radius 3 is 2.02 bits per heavy atom. The summed E-state index contributed by atoms with van der Waals surface area (Å²) in [5.74, 6) is 1.10. The molecule has 11 rings (SSSR count). The topological polar surface area (TPSA) is 17.4 Å². The fourth-order valence-corrected chi connectivity index (χ4v) is 9.50. The van der Waals surface area contributed by atoms with Crippen molar-refractivity contribution in [3.05, 3.63) is 169 Å². The summed E-state index contributed by atoms with van der Waals surface area (Å²) < 4.78 is 11.8. The van der Waals surface area contributed by atoms with Crippen LogP contribution in [0.1, 0.15) is 17.0 Å². The summed E-state index contributed by atoms with van der Waals surface area (Å²) >= 11 is 1.88. The van der Waals surface area contributed by atoms with Crippen LogP contribution in [0.5, 0.6) is 5.75 Å². The van der Waals surface area contributed by atoms with Gasteiger partial charge in [0.2, 0.25) is 0 Å². The van der Waals surface area contributed by atoms with Gasteiger partial charge in [-0.2, -0.15) is 0 Å². The van der Waals surface area contributed by atoms with Crippen LogP contribution in [0.15, 0.2) is 158 Å². The van der Waals surface area contributed by atoms with E-state index in [1.165, 1.54) is 75.6 Å². The van der Waals surface area contributed by atoms with E-state index in [1.54, 1.807) is 0 Å². The van der Waals surface area contributed by atoms with Crippen LogP contribution in [0.4, 0.5) is 11.4 Å². The van der Waals surface area contributed by atoms with Gasteiger partial charge in [0.25, 0.3) is 0 Å². The molecule has 2 aromatic heterocycles. The van der Waals surface area contributed by atoms with Gasteiger partial charge >= 0.3 is 0 Å².